The van der Waals surface area contributed by atoms with Crippen molar-refractivity contribution < 1.29 is 9.16 Å². The third-order valence-corrected chi connectivity index (χ3v) is 4.68. The van der Waals surface area contributed by atoms with Gasteiger partial charge in [-0.05, 0) is 23.2 Å². The summed E-state index contributed by atoms with van der Waals surface area (Å²) in [6, 6.07) is 9.43. The van der Waals surface area contributed by atoms with Gasteiger partial charge in [0.2, 0.25) is 9.04 Å². The number of hydrogen-bond donors (Lipinski definition) is 0. The molecular formula is C14H21O2Si. The number of methoxy groups -OCH3 is 1. The van der Waals surface area contributed by atoms with Gasteiger partial charge >= 0.3 is 0 Å². The Bertz CT molecular complexity index is 333. The molecule has 0 aromatic heterocycles. The zero-order valence-electron chi connectivity index (χ0n) is 10.7. The first-order valence-corrected chi connectivity index (χ1v) is 7.80. The maximum Gasteiger partial charge on any atom is 0.238 e. The maximum absolute atomic E-state index is 5.95. The van der Waals surface area contributed by atoms with Crippen LogP contribution in [0.2, 0.25) is 6.04 Å². The molecule has 0 saturated heterocycles. The van der Waals surface area contributed by atoms with Gasteiger partial charge in [-0.25, -0.2) is 0 Å². The highest BCUT2D eigenvalue weighted by molar-refractivity contribution is 6.51. The van der Waals surface area contributed by atoms with Gasteiger partial charge in [-0.15, -0.1) is 0 Å². The predicted molar refractivity (Wildman–Crippen MR) is 74.1 cm³/mol. The van der Waals surface area contributed by atoms with Crippen molar-refractivity contribution in [1.82, 2.24) is 0 Å². The Labute approximate surface area is 106 Å². The minimum absolute atomic E-state index is 0.680. The second-order valence-electron chi connectivity index (χ2n) is 3.96. The Morgan fingerprint density at radius 3 is 2.88 bits per heavy atom. The van der Waals surface area contributed by atoms with Crippen molar-refractivity contribution in [2.75, 3.05) is 13.3 Å². The fourth-order valence-electron chi connectivity index (χ4n) is 1.62. The van der Waals surface area contributed by atoms with E-state index >= 15 is 0 Å². The second-order valence-corrected chi connectivity index (χ2v) is 6.11. The minimum Gasteiger partial charge on any atom is -0.410 e. The van der Waals surface area contributed by atoms with Gasteiger partial charge in [0.05, 0.1) is 12.8 Å². The molecule has 0 aliphatic heterocycles. The fraction of sp³-hybridized carbons (Fsp3) is 0.429. The molecule has 1 aromatic carbocycles. The molecule has 0 saturated carbocycles. The van der Waals surface area contributed by atoms with E-state index in [0.29, 0.717) is 6.61 Å². The van der Waals surface area contributed by atoms with Gasteiger partial charge in [0.1, 0.15) is 0 Å². The summed E-state index contributed by atoms with van der Waals surface area (Å²) in [5.41, 5.74) is 2.35. The maximum atomic E-state index is 5.95. The first-order valence-electron chi connectivity index (χ1n) is 5.98. The van der Waals surface area contributed by atoms with Crippen LogP contribution in [-0.2, 0) is 15.8 Å². The number of ether oxygens (including phenoxy) is 1. The molecule has 1 aromatic rings. The summed E-state index contributed by atoms with van der Waals surface area (Å²) in [7, 11) is 0.927. The Hall–Kier alpha value is -0.903. The molecule has 17 heavy (non-hydrogen) atoms. The van der Waals surface area contributed by atoms with Crippen molar-refractivity contribution in [2.45, 2.75) is 26.0 Å². The molecule has 0 bridgehead atoms. The van der Waals surface area contributed by atoms with E-state index in [0.717, 1.165) is 24.3 Å². The van der Waals surface area contributed by atoms with Crippen molar-refractivity contribution in [1.29, 1.82) is 0 Å². The van der Waals surface area contributed by atoms with Gasteiger partial charge < -0.3 is 9.16 Å². The van der Waals surface area contributed by atoms with Crippen LogP contribution in [0.4, 0.5) is 0 Å². The number of hydrogen-bond acceptors (Lipinski definition) is 2. The molecular weight excluding hydrogens is 228 g/mol. The van der Waals surface area contributed by atoms with Gasteiger partial charge in [-0.3, -0.25) is 0 Å². The van der Waals surface area contributed by atoms with Crippen LogP contribution in [0.1, 0.15) is 24.5 Å². The Morgan fingerprint density at radius 2 is 2.24 bits per heavy atom. The number of rotatable bonds is 8. The SMILES string of the molecule is C=Cc1cccc(CO[Si](CCC)COC)c1. The summed E-state index contributed by atoms with van der Waals surface area (Å²) < 4.78 is 11.1. The molecule has 0 fully saturated rings. The molecule has 0 aliphatic rings. The highest BCUT2D eigenvalue weighted by Crippen LogP contribution is 2.09. The van der Waals surface area contributed by atoms with Gasteiger partial charge in [0, 0.05) is 7.11 Å². The summed E-state index contributed by atoms with van der Waals surface area (Å²) in [5, 5.41) is 0. The third kappa shape index (κ3) is 5.30. The predicted octanol–water partition coefficient (Wildman–Crippen LogP) is 3.43. The van der Waals surface area contributed by atoms with Crippen molar-refractivity contribution in [3.8, 4) is 0 Å². The monoisotopic (exact) mass is 249 g/mol. The van der Waals surface area contributed by atoms with Gasteiger partial charge in [0.25, 0.3) is 0 Å². The second kappa shape index (κ2) is 8.23. The summed E-state index contributed by atoms with van der Waals surface area (Å²) in [6.45, 7) is 6.63. The van der Waals surface area contributed by atoms with Crippen LogP contribution in [-0.4, -0.2) is 22.4 Å². The van der Waals surface area contributed by atoms with Crippen molar-refractivity contribution in [3.05, 3.63) is 42.0 Å². The smallest absolute Gasteiger partial charge is 0.238 e. The van der Waals surface area contributed by atoms with Gasteiger partial charge in [-0.2, -0.15) is 0 Å². The molecule has 0 N–H and O–H groups in total. The Balaban J connectivity index is 2.49. The third-order valence-electron chi connectivity index (χ3n) is 2.46. The fourth-order valence-corrected chi connectivity index (χ4v) is 3.24. The zero-order chi connectivity index (χ0) is 12.5. The lowest BCUT2D eigenvalue weighted by atomic mass is 10.1. The average molecular weight is 249 g/mol. The molecule has 0 aliphatic carbocycles. The Kier molecular flexibility index (Phi) is 6.85. The van der Waals surface area contributed by atoms with Crippen LogP contribution in [0.5, 0.6) is 0 Å². The standard InChI is InChI=1S/C14H21O2Si/c1-4-9-17(12-15-3)16-11-14-8-6-7-13(5-2)10-14/h5-8,10H,2,4,9,11-12H2,1,3H3. The van der Waals surface area contributed by atoms with Crippen molar-refractivity contribution in [3.63, 3.8) is 0 Å². The molecule has 93 valence electrons. The zero-order valence-corrected chi connectivity index (χ0v) is 11.7. The highest BCUT2D eigenvalue weighted by atomic mass is 28.3. The van der Waals surface area contributed by atoms with E-state index in [9.17, 15) is 0 Å². The van der Waals surface area contributed by atoms with E-state index in [2.05, 4.69) is 25.6 Å². The largest absolute Gasteiger partial charge is 0.410 e. The first kappa shape index (κ1) is 14.2. The van der Waals surface area contributed by atoms with E-state index < -0.39 is 9.04 Å². The molecule has 1 rings (SSSR count). The summed E-state index contributed by atoms with van der Waals surface area (Å²) in [6.07, 6.45) is 3.78. The lowest BCUT2D eigenvalue weighted by molar-refractivity contribution is 0.212. The number of benzene rings is 1. The first-order chi connectivity index (χ1) is 8.30. The normalized spacial score (nSPS) is 10.8. The van der Waals surface area contributed by atoms with Gasteiger partial charge in [0.15, 0.2) is 0 Å². The highest BCUT2D eigenvalue weighted by Gasteiger charge is 2.11. The van der Waals surface area contributed by atoms with E-state index in [4.69, 9.17) is 9.16 Å². The van der Waals surface area contributed by atoms with Crippen LogP contribution in [0, 0.1) is 0 Å². The van der Waals surface area contributed by atoms with E-state index in [1.165, 1.54) is 5.56 Å². The Morgan fingerprint density at radius 1 is 1.41 bits per heavy atom. The molecule has 0 heterocycles. The molecule has 1 radical (unpaired) electrons. The van der Waals surface area contributed by atoms with Crippen molar-refractivity contribution >= 4 is 15.1 Å². The van der Waals surface area contributed by atoms with E-state index in [-0.39, 0.29) is 0 Å². The molecule has 0 unspecified atom stereocenters. The van der Waals surface area contributed by atoms with Crippen LogP contribution in [0.15, 0.2) is 30.8 Å². The summed E-state index contributed by atoms with van der Waals surface area (Å²) in [4.78, 5) is 0. The summed E-state index contributed by atoms with van der Waals surface area (Å²) >= 11 is 0. The molecule has 2 nitrogen and oxygen atoms in total. The van der Waals surface area contributed by atoms with Crippen LogP contribution < -0.4 is 0 Å². The van der Waals surface area contributed by atoms with E-state index in [1.54, 1.807) is 7.11 Å². The average Bonchev–Trinajstić information content (AvgIpc) is 2.37. The van der Waals surface area contributed by atoms with Crippen LogP contribution >= 0.6 is 0 Å². The quantitative estimate of drug-likeness (QED) is 0.657. The lowest BCUT2D eigenvalue weighted by Gasteiger charge is -2.14. The van der Waals surface area contributed by atoms with Crippen LogP contribution in [0.3, 0.4) is 0 Å². The lowest BCUT2D eigenvalue weighted by Crippen LogP contribution is -2.24. The molecule has 0 spiro atoms. The summed E-state index contributed by atoms with van der Waals surface area (Å²) in [5.74, 6) is 0. The van der Waals surface area contributed by atoms with Gasteiger partial charge in [-0.1, -0.05) is 44.2 Å². The van der Waals surface area contributed by atoms with Crippen LogP contribution in [0.25, 0.3) is 6.08 Å². The topological polar surface area (TPSA) is 18.5 Å². The van der Waals surface area contributed by atoms with Crippen molar-refractivity contribution in [2.24, 2.45) is 0 Å². The molecule has 3 heteroatoms. The van der Waals surface area contributed by atoms with E-state index in [1.807, 2.05) is 18.2 Å². The minimum atomic E-state index is -0.811. The molecule has 0 amide bonds. The molecule has 0 atom stereocenters.